The smallest absolute Gasteiger partial charge is 0.269 e. The molecular weight excluding hydrogens is 338 g/mol. The number of carbonyl (C=O) groups is 1. The standard InChI is InChI=1S/C16H15N7O3/c17-7-1-9-21(10-2-8-18)15(24)11-22-12-19-16(20-22)13-3-5-14(6-4-13)23(25)26/h3-6,12H,1-2,9-11H2. The topological polar surface area (TPSA) is 142 Å². The first-order valence-corrected chi connectivity index (χ1v) is 7.71. The molecule has 1 amide bonds. The largest absolute Gasteiger partial charge is 0.339 e. The van der Waals surface area contributed by atoms with E-state index in [4.69, 9.17) is 10.5 Å². The first-order valence-electron chi connectivity index (χ1n) is 7.71. The number of non-ortho nitro benzene ring substituents is 1. The van der Waals surface area contributed by atoms with Gasteiger partial charge in [-0.15, -0.1) is 0 Å². The summed E-state index contributed by atoms with van der Waals surface area (Å²) < 4.78 is 1.35. The average molecular weight is 353 g/mol. The third-order valence-electron chi connectivity index (χ3n) is 3.51. The van der Waals surface area contributed by atoms with Crippen LogP contribution >= 0.6 is 0 Å². The number of nitro groups is 1. The minimum atomic E-state index is -0.495. The van der Waals surface area contributed by atoms with Gasteiger partial charge in [0.25, 0.3) is 5.69 Å². The molecule has 1 heterocycles. The molecule has 0 saturated heterocycles. The highest BCUT2D eigenvalue weighted by molar-refractivity contribution is 5.76. The van der Waals surface area contributed by atoms with E-state index in [-0.39, 0.29) is 44.1 Å². The molecule has 26 heavy (non-hydrogen) atoms. The van der Waals surface area contributed by atoms with Crippen molar-refractivity contribution >= 4 is 11.6 Å². The summed E-state index contributed by atoms with van der Waals surface area (Å²) in [5.41, 5.74) is 0.557. The Morgan fingerprint density at radius 2 is 1.81 bits per heavy atom. The van der Waals surface area contributed by atoms with Crippen molar-refractivity contribution in [3.8, 4) is 23.5 Å². The lowest BCUT2D eigenvalue weighted by Crippen LogP contribution is -2.35. The number of carbonyl (C=O) groups excluding carboxylic acids is 1. The molecule has 0 radical (unpaired) electrons. The molecule has 0 fully saturated rings. The third-order valence-corrected chi connectivity index (χ3v) is 3.51. The lowest BCUT2D eigenvalue weighted by Gasteiger charge is -2.20. The number of hydrogen-bond donors (Lipinski definition) is 0. The molecule has 132 valence electrons. The lowest BCUT2D eigenvalue weighted by atomic mass is 10.2. The molecule has 0 saturated carbocycles. The Hall–Kier alpha value is -3.79. The molecular formula is C16H15N7O3. The second-order valence-corrected chi connectivity index (χ2v) is 5.27. The van der Waals surface area contributed by atoms with Gasteiger partial charge in [0.15, 0.2) is 5.82 Å². The molecule has 2 rings (SSSR count). The molecule has 0 aliphatic heterocycles. The maximum absolute atomic E-state index is 12.3. The van der Waals surface area contributed by atoms with Gasteiger partial charge in [0.1, 0.15) is 12.9 Å². The van der Waals surface area contributed by atoms with Crippen LogP contribution in [0.4, 0.5) is 5.69 Å². The Morgan fingerprint density at radius 3 is 2.35 bits per heavy atom. The average Bonchev–Trinajstić information content (AvgIpc) is 3.10. The van der Waals surface area contributed by atoms with Gasteiger partial charge >= 0.3 is 0 Å². The molecule has 0 N–H and O–H groups in total. The number of nitro benzene ring substituents is 1. The Bertz CT molecular complexity index is 843. The third kappa shape index (κ3) is 4.85. The van der Waals surface area contributed by atoms with Gasteiger partial charge < -0.3 is 4.90 Å². The van der Waals surface area contributed by atoms with Crippen molar-refractivity contribution in [2.24, 2.45) is 0 Å². The van der Waals surface area contributed by atoms with Crippen LogP contribution in [-0.4, -0.2) is 43.6 Å². The van der Waals surface area contributed by atoms with E-state index < -0.39 is 4.92 Å². The van der Waals surface area contributed by atoms with Crippen LogP contribution in [0.1, 0.15) is 12.8 Å². The zero-order valence-electron chi connectivity index (χ0n) is 13.8. The van der Waals surface area contributed by atoms with Crippen molar-refractivity contribution in [2.45, 2.75) is 19.4 Å². The van der Waals surface area contributed by atoms with Crippen molar-refractivity contribution in [1.82, 2.24) is 19.7 Å². The van der Waals surface area contributed by atoms with Gasteiger partial charge in [-0.25, -0.2) is 9.67 Å². The van der Waals surface area contributed by atoms with Crippen LogP contribution in [0.15, 0.2) is 30.6 Å². The Morgan fingerprint density at radius 1 is 1.19 bits per heavy atom. The van der Waals surface area contributed by atoms with Crippen LogP contribution in [0, 0.1) is 32.8 Å². The zero-order valence-corrected chi connectivity index (χ0v) is 13.8. The fraction of sp³-hybridized carbons (Fsp3) is 0.312. The highest BCUT2D eigenvalue weighted by Gasteiger charge is 2.15. The number of amides is 1. The summed E-state index contributed by atoms with van der Waals surface area (Å²) in [4.78, 5) is 28.1. The molecule has 0 aliphatic rings. The first-order chi connectivity index (χ1) is 12.5. The van der Waals surface area contributed by atoms with Gasteiger partial charge in [-0.2, -0.15) is 15.6 Å². The molecule has 1 aromatic carbocycles. The summed E-state index contributed by atoms with van der Waals surface area (Å²) in [6.45, 7) is 0.429. The van der Waals surface area contributed by atoms with Crippen molar-refractivity contribution in [3.63, 3.8) is 0 Å². The first kappa shape index (κ1) is 18.5. The predicted octanol–water partition coefficient (Wildman–Crippen LogP) is 1.51. The number of rotatable bonds is 8. The van der Waals surface area contributed by atoms with Crippen LogP contribution in [0.2, 0.25) is 0 Å². The Balaban J connectivity index is 2.06. The van der Waals surface area contributed by atoms with E-state index in [1.54, 1.807) is 0 Å². The molecule has 2 aromatic rings. The molecule has 0 spiro atoms. The highest BCUT2D eigenvalue weighted by Crippen LogP contribution is 2.18. The second-order valence-electron chi connectivity index (χ2n) is 5.27. The van der Waals surface area contributed by atoms with E-state index in [1.807, 2.05) is 12.1 Å². The van der Waals surface area contributed by atoms with Crippen molar-refractivity contribution < 1.29 is 9.72 Å². The molecule has 10 nitrogen and oxygen atoms in total. The van der Waals surface area contributed by atoms with E-state index in [9.17, 15) is 14.9 Å². The Labute approximate surface area is 149 Å². The van der Waals surface area contributed by atoms with Gasteiger partial charge in [0.05, 0.1) is 29.9 Å². The number of benzene rings is 1. The minimum absolute atomic E-state index is 0.0333. The van der Waals surface area contributed by atoms with Crippen molar-refractivity contribution in [1.29, 1.82) is 10.5 Å². The summed E-state index contributed by atoms with van der Waals surface area (Å²) in [7, 11) is 0. The van der Waals surface area contributed by atoms with E-state index in [0.717, 1.165) is 0 Å². The highest BCUT2D eigenvalue weighted by atomic mass is 16.6. The zero-order chi connectivity index (χ0) is 18.9. The van der Waals surface area contributed by atoms with Crippen LogP contribution in [0.3, 0.4) is 0 Å². The molecule has 0 unspecified atom stereocenters. The van der Waals surface area contributed by atoms with Crippen LogP contribution in [0.25, 0.3) is 11.4 Å². The SMILES string of the molecule is N#CCCN(CCC#N)C(=O)Cn1cnc(-c2ccc([N+](=O)[O-])cc2)n1. The summed E-state index contributed by atoms with van der Waals surface area (Å²) in [5.74, 6) is 0.0731. The molecule has 0 atom stereocenters. The van der Waals surface area contributed by atoms with Crippen LogP contribution in [0.5, 0.6) is 0 Å². The minimum Gasteiger partial charge on any atom is -0.339 e. The maximum Gasteiger partial charge on any atom is 0.269 e. The van der Waals surface area contributed by atoms with E-state index in [0.29, 0.717) is 11.4 Å². The second kappa shape index (κ2) is 8.89. The molecule has 0 aliphatic carbocycles. The van der Waals surface area contributed by atoms with Gasteiger partial charge in [0, 0.05) is 30.8 Å². The van der Waals surface area contributed by atoms with Gasteiger partial charge in [0.2, 0.25) is 5.91 Å². The summed E-state index contributed by atoms with van der Waals surface area (Å²) >= 11 is 0. The molecule has 10 heteroatoms. The van der Waals surface area contributed by atoms with E-state index in [1.165, 1.54) is 40.2 Å². The monoisotopic (exact) mass is 353 g/mol. The summed E-state index contributed by atoms with van der Waals surface area (Å²) in [6, 6.07) is 9.72. The number of hydrogen-bond acceptors (Lipinski definition) is 7. The van der Waals surface area contributed by atoms with Gasteiger partial charge in [-0.05, 0) is 12.1 Å². The lowest BCUT2D eigenvalue weighted by molar-refractivity contribution is -0.384. The quantitative estimate of drug-likeness (QED) is 0.517. The van der Waals surface area contributed by atoms with Gasteiger partial charge in [-0.1, -0.05) is 0 Å². The number of nitrogens with zero attached hydrogens (tertiary/aromatic N) is 7. The number of aromatic nitrogens is 3. The molecule has 0 bridgehead atoms. The fourth-order valence-corrected chi connectivity index (χ4v) is 2.21. The van der Waals surface area contributed by atoms with E-state index >= 15 is 0 Å². The number of nitriles is 2. The van der Waals surface area contributed by atoms with Gasteiger partial charge in [-0.3, -0.25) is 14.9 Å². The Kier molecular flexibility index (Phi) is 6.34. The fourth-order valence-electron chi connectivity index (χ4n) is 2.21. The summed E-state index contributed by atoms with van der Waals surface area (Å²) in [6.07, 6.45) is 1.76. The van der Waals surface area contributed by atoms with Crippen molar-refractivity contribution in [3.05, 3.63) is 40.7 Å². The van der Waals surface area contributed by atoms with Crippen molar-refractivity contribution in [2.75, 3.05) is 13.1 Å². The van der Waals surface area contributed by atoms with Crippen LogP contribution in [-0.2, 0) is 11.3 Å². The van der Waals surface area contributed by atoms with Crippen LogP contribution < -0.4 is 0 Å². The predicted molar refractivity (Wildman–Crippen MR) is 89.2 cm³/mol. The normalized spacial score (nSPS) is 9.92. The van der Waals surface area contributed by atoms with E-state index in [2.05, 4.69) is 10.1 Å². The summed E-state index contributed by atoms with van der Waals surface area (Å²) in [5, 5.41) is 32.2. The molecule has 1 aromatic heterocycles. The maximum atomic E-state index is 12.3.